The lowest BCUT2D eigenvalue weighted by Gasteiger charge is -2.04. The Bertz CT molecular complexity index is 1260. The highest BCUT2D eigenvalue weighted by Crippen LogP contribution is 2.21. The number of imidazole rings is 1. The van der Waals surface area contributed by atoms with E-state index in [4.69, 9.17) is 4.55 Å². The lowest BCUT2D eigenvalue weighted by Crippen LogP contribution is -2.12. The van der Waals surface area contributed by atoms with E-state index in [0.717, 1.165) is 11.1 Å². The van der Waals surface area contributed by atoms with Gasteiger partial charge in [-0.05, 0) is 41.5 Å². The molecule has 3 N–H and O–H groups in total. The fraction of sp³-hybridized carbons (Fsp3) is 0. The number of hydrogen-bond acceptors (Lipinski definition) is 4. The molecular weight excluding hydrogens is 378 g/mol. The molecule has 1 amide bonds. The average Bonchev–Trinajstić information content (AvgIpc) is 3.09. The van der Waals surface area contributed by atoms with E-state index < -0.39 is 10.1 Å². The summed E-state index contributed by atoms with van der Waals surface area (Å²) in [5.41, 5.74) is 3.35. The maximum absolute atomic E-state index is 12.5. The zero-order valence-electron chi connectivity index (χ0n) is 14.5. The molecule has 0 spiro atoms. The van der Waals surface area contributed by atoms with Crippen LogP contribution in [0.5, 0.6) is 0 Å². The SMILES string of the molecule is O=C(Nc1nc2cc(S(=O)(=O)O)ccc2[nH]1)c1ccc(-c2ccccc2)cc1. The molecule has 0 unspecified atom stereocenters. The van der Waals surface area contributed by atoms with Crippen LogP contribution in [-0.2, 0) is 10.1 Å². The topological polar surface area (TPSA) is 112 Å². The quantitative estimate of drug-likeness (QED) is 0.457. The van der Waals surface area contributed by atoms with Crippen LogP contribution in [-0.4, -0.2) is 28.8 Å². The first kappa shape index (κ1) is 17.9. The highest BCUT2D eigenvalue weighted by atomic mass is 32.2. The third-order valence-corrected chi connectivity index (χ3v) is 5.09. The maximum atomic E-state index is 12.5. The number of aromatic nitrogens is 2. The van der Waals surface area contributed by atoms with E-state index in [9.17, 15) is 13.2 Å². The van der Waals surface area contributed by atoms with Crippen LogP contribution in [0.1, 0.15) is 10.4 Å². The summed E-state index contributed by atoms with van der Waals surface area (Å²) in [6, 6.07) is 20.9. The number of nitrogens with zero attached hydrogens (tertiary/aromatic N) is 1. The van der Waals surface area contributed by atoms with E-state index in [-0.39, 0.29) is 16.8 Å². The number of amides is 1. The van der Waals surface area contributed by atoms with Gasteiger partial charge in [0, 0.05) is 5.56 Å². The molecule has 4 aromatic rings. The minimum absolute atomic E-state index is 0.180. The summed E-state index contributed by atoms with van der Waals surface area (Å²) in [4.78, 5) is 19.2. The molecule has 4 rings (SSSR count). The van der Waals surface area contributed by atoms with Crippen LogP contribution in [0.15, 0.2) is 77.7 Å². The van der Waals surface area contributed by atoms with Crippen molar-refractivity contribution in [3.63, 3.8) is 0 Å². The number of benzene rings is 3. The Balaban J connectivity index is 1.55. The number of nitrogens with one attached hydrogen (secondary N) is 2. The Morgan fingerprint density at radius 2 is 1.61 bits per heavy atom. The van der Waals surface area contributed by atoms with Gasteiger partial charge in [0.1, 0.15) is 0 Å². The molecule has 0 bridgehead atoms. The van der Waals surface area contributed by atoms with E-state index >= 15 is 0 Å². The molecule has 7 nitrogen and oxygen atoms in total. The van der Waals surface area contributed by atoms with E-state index in [1.807, 2.05) is 42.5 Å². The Morgan fingerprint density at radius 1 is 0.929 bits per heavy atom. The molecule has 8 heteroatoms. The van der Waals surface area contributed by atoms with Crippen molar-refractivity contribution in [1.29, 1.82) is 0 Å². The van der Waals surface area contributed by atoms with Crippen LogP contribution in [0.25, 0.3) is 22.2 Å². The molecule has 0 radical (unpaired) electrons. The molecule has 140 valence electrons. The van der Waals surface area contributed by atoms with Crippen LogP contribution < -0.4 is 5.32 Å². The van der Waals surface area contributed by atoms with Crippen LogP contribution in [0, 0.1) is 0 Å². The van der Waals surface area contributed by atoms with Crippen molar-refractivity contribution >= 4 is 33.0 Å². The third kappa shape index (κ3) is 3.64. The van der Waals surface area contributed by atoms with Gasteiger partial charge in [0.05, 0.1) is 15.9 Å². The van der Waals surface area contributed by atoms with Gasteiger partial charge in [-0.1, -0.05) is 42.5 Å². The van der Waals surface area contributed by atoms with Gasteiger partial charge in [0.2, 0.25) is 5.95 Å². The Labute approximate surface area is 160 Å². The monoisotopic (exact) mass is 393 g/mol. The molecule has 28 heavy (non-hydrogen) atoms. The molecule has 0 saturated carbocycles. The average molecular weight is 393 g/mol. The predicted molar refractivity (Wildman–Crippen MR) is 106 cm³/mol. The first-order valence-corrected chi connectivity index (χ1v) is 9.78. The second kappa shape index (κ2) is 6.91. The fourth-order valence-electron chi connectivity index (χ4n) is 2.83. The smallest absolute Gasteiger partial charge is 0.294 e. The largest absolute Gasteiger partial charge is 0.324 e. The van der Waals surface area contributed by atoms with Crippen molar-refractivity contribution in [1.82, 2.24) is 9.97 Å². The molecular formula is C20H15N3O4S. The van der Waals surface area contributed by atoms with Gasteiger partial charge in [-0.25, -0.2) is 4.98 Å². The Morgan fingerprint density at radius 3 is 2.29 bits per heavy atom. The normalized spacial score (nSPS) is 11.5. The molecule has 1 aromatic heterocycles. The first-order valence-electron chi connectivity index (χ1n) is 8.34. The summed E-state index contributed by atoms with van der Waals surface area (Å²) in [7, 11) is -4.32. The predicted octanol–water partition coefficient (Wildman–Crippen LogP) is 3.73. The molecule has 0 saturated heterocycles. The Hall–Kier alpha value is -3.49. The summed E-state index contributed by atoms with van der Waals surface area (Å²) >= 11 is 0. The zero-order valence-corrected chi connectivity index (χ0v) is 15.3. The van der Waals surface area contributed by atoms with E-state index in [1.54, 1.807) is 12.1 Å². The minimum atomic E-state index is -4.32. The van der Waals surface area contributed by atoms with Crippen LogP contribution in [0.4, 0.5) is 5.95 Å². The molecule has 0 fully saturated rings. The van der Waals surface area contributed by atoms with E-state index in [2.05, 4.69) is 15.3 Å². The van der Waals surface area contributed by atoms with Crippen LogP contribution in [0.2, 0.25) is 0 Å². The van der Waals surface area contributed by atoms with Crippen molar-refractivity contribution in [2.45, 2.75) is 4.90 Å². The van der Waals surface area contributed by atoms with Crippen LogP contribution >= 0.6 is 0 Å². The minimum Gasteiger partial charge on any atom is -0.324 e. The first-order chi connectivity index (χ1) is 13.4. The van der Waals surface area contributed by atoms with Gasteiger partial charge in [0.15, 0.2) is 0 Å². The van der Waals surface area contributed by atoms with Crippen molar-refractivity contribution in [2.24, 2.45) is 0 Å². The summed E-state index contributed by atoms with van der Waals surface area (Å²) in [6.45, 7) is 0. The summed E-state index contributed by atoms with van der Waals surface area (Å²) < 4.78 is 31.6. The zero-order chi connectivity index (χ0) is 19.7. The van der Waals surface area contributed by atoms with Gasteiger partial charge in [0.25, 0.3) is 16.0 Å². The van der Waals surface area contributed by atoms with Gasteiger partial charge in [-0.2, -0.15) is 8.42 Å². The number of carbonyl (C=O) groups excluding carboxylic acids is 1. The number of hydrogen-bond donors (Lipinski definition) is 3. The number of H-pyrrole nitrogens is 1. The number of rotatable bonds is 4. The second-order valence-corrected chi connectivity index (χ2v) is 7.56. The van der Waals surface area contributed by atoms with Gasteiger partial charge < -0.3 is 4.98 Å². The Kier molecular flexibility index (Phi) is 4.42. The number of aromatic amines is 1. The number of carbonyl (C=O) groups is 1. The van der Waals surface area contributed by atoms with E-state index in [0.29, 0.717) is 16.6 Å². The van der Waals surface area contributed by atoms with Gasteiger partial charge in [-0.3, -0.25) is 14.7 Å². The van der Waals surface area contributed by atoms with Crippen molar-refractivity contribution in [3.05, 3.63) is 78.4 Å². The van der Waals surface area contributed by atoms with Crippen molar-refractivity contribution in [3.8, 4) is 11.1 Å². The summed E-state index contributed by atoms with van der Waals surface area (Å²) in [5, 5.41) is 2.65. The molecule has 0 aliphatic rings. The highest BCUT2D eigenvalue weighted by Gasteiger charge is 2.13. The number of fused-ring (bicyclic) bond motifs is 1. The summed E-state index contributed by atoms with van der Waals surface area (Å²) in [5.74, 6) is -0.173. The third-order valence-electron chi connectivity index (χ3n) is 4.24. The van der Waals surface area contributed by atoms with E-state index in [1.165, 1.54) is 18.2 Å². The molecule has 0 aliphatic heterocycles. The highest BCUT2D eigenvalue weighted by molar-refractivity contribution is 7.85. The standard InChI is InChI=1S/C20H15N3O4S/c24-19(15-8-6-14(7-9-15)13-4-2-1-3-5-13)23-20-21-17-11-10-16(28(25,26)27)12-18(17)22-20/h1-12H,(H,25,26,27)(H2,21,22,23,24). The molecule has 0 atom stereocenters. The lowest BCUT2D eigenvalue weighted by atomic mass is 10.0. The molecule has 3 aromatic carbocycles. The van der Waals surface area contributed by atoms with Crippen molar-refractivity contribution < 1.29 is 17.8 Å². The van der Waals surface area contributed by atoms with Crippen molar-refractivity contribution in [2.75, 3.05) is 5.32 Å². The lowest BCUT2D eigenvalue weighted by molar-refractivity contribution is 0.102. The molecule has 0 aliphatic carbocycles. The maximum Gasteiger partial charge on any atom is 0.294 e. The van der Waals surface area contributed by atoms with Gasteiger partial charge >= 0.3 is 0 Å². The molecule has 1 heterocycles. The fourth-order valence-corrected chi connectivity index (χ4v) is 3.33. The second-order valence-electron chi connectivity index (χ2n) is 6.14. The van der Waals surface area contributed by atoms with Crippen LogP contribution in [0.3, 0.4) is 0 Å². The number of anilines is 1. The summed E-state index contributed by atoms with van der Waals surface area (Å²) in [6.07, 6.45) is 0. The van der Waals surface area contributed by atoms with Gasteiger partial charge in [-0.15, -0.1) is 0 Å².